The van der Waals surface area contributed by atoms with E-state index in [1.807, 2.05) is 0 Å². The van der Waals surface area contributed by atoms with E-state index in [9.17, 15) is 9.18 Å². The van der Waals surface area contributed by atoms with Crippen molar-refractivity contribution in [3.05, 3.63) is 40.7 Å². The zero-order valence-electron chi connectivity index (χ0n) is 15.6. The van der Waals surface area contributed by atoms with Crippen molar-refractivity contribution in [3.63, 3.8) is 0 Å². The summed E-state index contributed by atoms with van der Waals surface area (Å²) in [6.07, 6.45) is 4.14. The van der Waals surface area contributed by atoms with Crippen LogP contribution in [0.15, 0.2) is 24.3 Å². The molecule has 1 saturated heterocycles. The van der Waals surface area contributed by atoms with Crippen molar-refractivity contribution in [3.8, 4) is 10.6 Å². The Morgan fingerprint density at radius 3 is 2.71 bits per heavy atom. The van der Waals surface area contributed by atoms with Gasteiger partial charge in [-0.2, -0.15) is 0 Å². The van der Waals surface area contributed by atoms with Gasteiger partial charge in [0.1, 0.15) is 10.8 Å². The molecule has 152 valence electrons. The number of carbonyl (C=O) groups is 1. The molecule has 1 fully saturated rings. The Balaban J connectivity index is 0.00000225. The molecule has 0 saturated carbocycles. The van der Waals surface area contributed by atoms with Crippen molar-refractivity contribution in [1.29, 1.82) is 0 Å². The molecule has 0 radical (unpaired) electrons. The van der Waals surface area contributed by atoms with Gasteiger partial charge in [-0.05, 0) is 56.4 Å². The molecule has 28 heavy (non-hydrogen) atoms. The van der Waals surface area contributed by atoms with E-state index in [-0.39, 0.29) is 30.2 Å². The predicted octanol–water partition coefficient (Wildman–Crippen LogP) is 3.62. The fraction of sp³-hybridized carbons (Fsp3) is 0.500. The second-order valence-electron chi connectivity index (χ2n) is 7.35. The zero-order chi connectivity index (χ0) is 18.9. The number of benzene rings is 1. The zero-order valence-corrected chi connectivity index (χ0v) is 17.2. The van der Waals surface area contributed by atoms with Crippen molar-refractivity contribution in [2.75, 3.05) is 19.8 Å². The molecular formula is C20H25ClFN3O2S. The van der Waals surface area contributed by atoms with Gasteiger partial charge in [-0.25, -0.2) is 9.37 Å². The Labute approximate surface area is 174 Å². The van der Waals surface area contributed by atoms with E-state index in [1.165, 1.54) is 12.1 Å². The van der Waals surface area contributed by atoms with Gasteiger partial charge in [0.25, 0.3) is 0 Å². The molecule has 3 N–H and O–H groups in total. The number of fused-ring (bicyclic) bond motifs is 1. The highest BCUT2D eigenvalue weighted by atomic mass is 35.5. The van der Waals surface area contributed by atoms with Crippen molar-refractivity contribution >= 4 is 29.7 Å². The van der Waals surface area contributed by atoms with Crippen LogP contribution in [0.4, 0.5) is 4.39 Å². The standard InChI is InChI=1S/C20H24FN3O2S.ClH/c21-14-6-4-13(5-7-14)18-23-15-2-1-3-16(17(15)27-18)24-19(25)20(12-22)8-10-26-11-9-20;/h4-7,16H,1-3,8-12,22H2,(H,24,25);1H. The lowest BCUT2D eigenvalue weighted by molar-refractivity contribution is -0.136. The Morgan fingerprint density at radius 2 is 2.04 bits per heavy atom. The molecule has 1 amide bonds. The number of nitrogens with two attached hydrogens (primary N) is 1. The second-order valence-corrected chi connectivity index (χ2v) is 8.38. The number of aromatic nitrogens is 1. The number of halogens is 2. The molecule has 1 aliphatic heterocycles. The van der Waals surface area contributed by atoms with Crippen LogP contribution in [0.1, 0.15) is 42.3 Å². The smallest absolute Gasteiger partial charge is 0.228 e. The highest BCUT2D eigenvalue weighted by Gasteiger charge is 2.40. The maximum absolute atomic E-state index is 13.2. The lowest BCUT2D eigenvalue weighted by Gasteiger charge is -2.36. The highest BCUT2D eigenvalue weighted by molar-refractivity contribution is 7.15. The van der Waals surface area contributed by atoms with Gasteiger partial charge in [0.05, 0.1) is 22.0 Å². The fourth-order valence-corrected chi connectivity index (χ4v) is 5.07. The number of nitrogens with zero attached hydrogens (tertiary/aromatic N) is 1. The topological polar surface area (TPSA) is 77.2 Å². The Bertz CT molecular complexity index is 821. The second kappa shape index (κ2) is 8.86. The first-order valence-electron chi connectivity index (χ1n) is 9.46. The number of ether oxygens (including phenoxy) is 1. The van der Waals surface area contributed by atoms with Crippen LogP contribution in [0, 0.1) is 11.2 Å². The minimum Gasteiger partial charge on any atom is -0.381 e. The van der Waals surface area contributed by atoms with Gasteiger partial charge >= 0.3 is 0 Å². The summed E-state index contributed by atoms with van der Waals surface area (Å²) in [5, 5.41) is 4.12. The van der Waals surface area contributed by atoms with E-state index in [2.05, 4.69) is 5.32 Å². The van der Waals surface area contributed by atoms with Gasteiger partial charge in [0.2, 0.25) is 5.91 Å². The normalized spacial score (nSPS) is 20.7. The number of rotatable bonds is 4. The summed E-state index contributed by atoms with van der Waals surface area (Å²) in [5.41, 5.74) is 7.40. The Hall–Kier alpha value is -1.54. The molecule has 1 aromatic heterocycles. The third-order valence-electron chi connectivity index (χ3n) is 5.67. The summed E-state index contributed by atoms with van der Waals surface area (Å²) >= 11 is 1.59. The molecule has 1 aromatic carbocycles. The summed E-state index contributed by atoms with van der Waals surface area (Å²) in [6.45, 7) is 1.50. The molecule has 1 unspecified atom stereocenters. The Kier molecular flexibility index (Phi) is 6.70. The Morgan fingerprint density at radius 1 is 1.32 bits per heavy atom. The third-order valence-corrected chi connectivity index (χ3v) is 6.93. The number of amides is 1. The average Bonchev–Trinajstić information content (AvgIpc) is 3.14. The summed E-state index contributed by atoms with van der Waals surface area (Å²) in [7, 11) is 0. The van der Waals surface area contributed by atoms with E-state index in [0.29, 0.717) is 32.6 Å². The first kappa shape index (κ1) is 21.2. The first-order valence-corrected chi connectivity index (χ1v) is 10.3. The van der Waals surface area contributed by atoms with Gasteiger partial charge in [-0.15, -0.1) is 23.7 Å². The van der Waals surface area contributed by atoms with Crippen molar-refractivity contribution < 1.29 is 13.9 Å². The van der Waals surface area contributed by atoms with Crippen LogP contribution in [0.3, 0.4) is 0 Å². The van der Waals surface area contributed by atoms with E-state index in [0.717, 1.165) is 40.4 Å². The summed E-state index contributed by atoms with van der Waals surface area (Å²) in [6, 6.07) is 6.37. The van der Waals surface area contributed by atoms with E-state index < -0.39 is 5.41 Å². The monoisotopic (exact) mass is 425 g/mol. The van der Waals surface area contributed by atoms with Gasteiger partial charge in [0, 0.05) is 25.3 Å². The van der Waals surface area contributed by atoms with Crippen molar-refractivity contribution in [2.45, 2.75) is 38.1 Å². The van der Waals surface area contributed by atoms with Crippen LogP contribution in [0.2, 0.25) is 0 Å². The maximum atomic E-state index is 13.2. The molecule has 8 heteroatoms. The van der Waals surface area contributed by atoms with E-state index >= 15 is 0 Å². The summed E-state index contributed by atoms with van der Waals surface area (Å²) in [5.74, 6) is -0.225. The average molecular weight is 426 g/mol. The number of thiazole rings is 1. The molecule has 2 aromatic rings. The molecule has 1 aliphatic carbocycles. The van der Waals surface area contributed by atoms with Crippen LogP contribution >= 0.6 is 23.7 Å². The third kappa shape index (κ3) is 4.08. The minimum atomic E-state index is -0.527. The molecule has 5 nitrogen and oxygen atoms in total. The lowest BCUT2D eigenvalue weighted by Crippen LogP contribution is -2.50. The molecule has 0 bridgehead atoms. The molecule has 2 aliphatic rings. The SMILES string of the molecule is Cl.NCC1(C(=O)NC2CCCc3nc(-c4ccc(F)cc4)sc32)CCOCC1. The fourth-order valence-electron chi connectivity index (χ4n) is 3.87. The van der Waals surface area contributed by atoms with Gasteiger partial charge < -0.3 is 15.8 Å². The quantitative estimate of drug-likeness (QED) is 0.784. The van der Waals surface area contributed by atoms with Gasteiger partial charge in [-0.3, -0.25) is 4.79 Å². The molecular weight excluding hydrogens is 401 g/mol. The van der Waals surface area contributed by atoms with Crippen LogP contribution in [0.25, 0.3) is 10.6 Å². The van der Waals surface area contributed by atoms with E-state index in [4.69, 9.17) is 15.5 Å². The predicted molar refractivity (Wildman–Crippen MR) is 110 cm³/mol. The number of hydrogen-bond acceptors (Lipinski definition) is 5. The molecule has 4 rings (SSSR count). The van der Waals surface area contributed by atoms with Crippen molar-refractivity contribution in [2.24, 2.45) is 11.1 Å². The maximum Gasteiger partial charge on any atom is 0.228 e. The number of carbonyl (C=O) groups excluding carboxylic acids is 1. The lowest BCUT2D eigenvalue weighted by atomic mass is 9.79. The van der Waals surface area contributed by atoms with Crippen LogP contribution in [-0.4, -0.2) is 30.6 Å². The minimum absolute atomic E-state index is 0. The largest absolute Gasteiger partial charge is 0.381 e. The van der Waals surface area contributed by atoms with E-state index in [1.54, 1.807) is 23.5 Å². The molecule has 0 spiro atoms. The van der Waals surface area contributed by atoms with Gasteiger partial charge in [0.15, 0.2) is 0 Å². The van der Waals surface area contributed by atoms with Crippen LogP contribution in [-0.2, 0) is 16.0 Å². The summed E-state index contributed by atoms with van der Waals surface area (Å²) < 4.78 is 18.6. The first-order chi connectivity index (χ1) is 13.1. The summed E-state index contributed by atoms with van der Waals surface area (Å²) in [4.78, 5) is 18.9. The highest BCUT2D eigenvalue weighted by Crippen LogP contribution is 2.39. The van der Waals surface area contributed by atoms with Crippen molar-refractivity contribution in [1.82, 2.24) is 10.3 Å². The molecule has 1 atom stereocenters. The molecule has 2 heterocycles. The number of hydrogen-bond donors (Lipinski definition) is 2. The number of nitrogens with one attached hydrogen (secondary N) is 1. The van der Waals surface area contributed by atoms with Crippen LogP contribution < -0.4 is 11.1 Å². The van der Waals surface area contributed by atoms with Crippen LogP contribution in [0.5, 0.6) is 0 Å². The number of aryl methyl sites for hydroxylation is 1. The van der Waals surface area contributed by atoms with Gasteiger partial charge in [-0.1, -0.05) is 0 Å².